The van der Waals surface area contributed by atoms with E-state index < -0.39 is 10.0 Å². The second-order valence-electron chi connectivity index (χ2n) is 6.04. The first kappa shape index (κ1) is 23.5. The average Bonchev–Trinajstić information content (AvgIpc) is 2.72. The van der Waals surface area contributed by atoms with E-state index in [0.717, 1.165) is 0 Å². The molecule has 0 radical (unpaired) electrons. The van der Waals surface area contributed by atoms with Crippen molar-refractivity contribution in [2.75, 3.05) is 56.8 Å². The highest BCUT2D eigenvalue weighted by molar-refractivity contribution is 7.99. The van der Waals surface area contributed by atoms with Crippen LogP contribution < -0.4 is 10.1 Å². The van der Waals surface area contributed by atoms with Gasteiger partial charge in [-0.25, -0.2) is 8.42 Å². The number of ether oxygens (including phenoxy) is 3. The molecule has 0 unspecified atom stereocenters. The van der Waals surface area contributed by atoms with Gasteiger partial charge in [0.05, 0.1) is 32.7 Å². The molecule has 9 nitrogen and oxygen atoms in total. The molecule has 1 aromatic carbocycles. The highest BCUT2D eigenvalue weighted by Gasteiger charge is 2.29. The maximum absolute atomic E-state index is 13.1. The van der Waals surface area contributed by atoms with Gasteiger partial charge in [0.2, 0.25) is 15.9 Å². The molecule has 1 aliphatic heterocycles. The topological polar surface area (TPSA) is 111 Å². The quantitative estimate of drug-likeness (QED) is 0.423. The van der Waals surface area contributed by atoms with E-state index in [-0.39, 0.29) is 47.8 Å². The van der Waals surface area contributed by atoms with E-state index in [1.54, 1.807) is 19.1 Å². The molecule has 0 aliphatic carbocycles. The van der Waals surface area contributed by atoms with Gasteiger partial charge in [0.15, 0.2) is 0 Å². The second-order valence-corrected chi connectivity index (χ2v) is 9.05. The Bertz CT molecular complexity index is 808. The third-order valence-corrected chi connectivity index (χ3v) is 6.89. The number of amides is 1. The fraction of sp³-hybridized carbons (Fsp3) is 0.556. The van der Waals surface area contributed by atoms with Crippen molar-refractivity contribution in [3.63, 3.8) is 0 Å². The number of nitrogens with zero attached hydrogens (tertiary/aromatic N) is 1. The molecule has 0 saturated carbocycles. The number of anilines is 1. The molecular weight excluding hydrogens is 420 g/mol. The van der Waals surface area contributed by atoms with Crippen molar-refractivity contribution in [2.24, 2.45) is 0 Å². The predicted molar refractivity (Wildman–Crippen MR) is 110 cm³/mol. The summed E-state index contributed by atoms with van der Waals surface area (Å²) in [5.41, 5.74) is 0.364. The van der Waals surface area contributed by atoms with Gasteiger partial charge in [-0.15, -0.1) is 11.8 Å². The Labute approximate surface area is 175 Å². The van der Waals surface area contributed by atoms with Gasteiger partial charge in [0.1, 0.15) is 10.6 Å². The molecule has 0 spiro atoms. The molecular formula is C18H26N2O7S2. The van der Waals surface area contributed by atoms with Crippen molar-refractivity contribution in [2.45, 2.75) is 18.2 Å². The van der Waals surface area contributed by atoms with Crippen LogP contribution in [-0.4, -0.2) is 76.1 Å². The summed E-state index contributed by atoms with van der Waals surface area (Å²) in [6.45, 7) is 3.29. The van der Waals surface area contributed by atoms with Crippen LogP contribution in [0.4, 0.5) is 5.69 Å². The number of esters is 1. The van der Waals surface area contributed by atoms with Gasteiger partial charge in [0, 0.05) is 31.0 Å². The number of hydrogen-bond acceptors (Lipinski definition) is 8. The number of sulfonamides is 1. The molecule has 2 rings (SSSR count). The van der Waals surface area contributed by atoms with Gasteiger partial charge in [-0.05, 0) is 25.1 Å². The van der Waals surface area contributed by atoms with E-state index in [0.29, 0.717) is 31.3 Å². The van der Waals surface area contributed by atoms with E-state index in [1.165, 1.54) is 29.2 Å². The fourth-order valence-corrected chi connectivity index (χ4v) is 4.91. The van der Waals surface area contributed by atoms with E-state index in [2.05, 4.69) is 10.1 Å². The summed E-state index contributed by atoms with van der Waals surface area (Å²) in [5, 5.41) is 2.70. The molecule has 0 bridgehead atoms. The maximum Gasteiger partial charge on any atom is 0.315 e. The van der Waals surface area contributed by atoms with Crippen LogP contribution in [0.15, 0.2) is 23.1 Å². The lowest BCUT2D eigenvalue weighted by Gasteiger charge is -2.27. The minimum absolute atomic E-state index is 0.0131. The van der Waals surface area contributed by atoms with Crippen molar-refractivity contribution >= 4 is 39.3 Å². The molecule has 1 aromatic rings. The summed E-state index contributed by atoms with van der Waals surface area (Å²) in [6.07, 6.45) is 0.181. The van der Waals surface area contributed by atoms with Crippen LogP contribution >= 0.6 is 11.8 Å². The number of nitrogens with one attached hydrogen (secondary N) is 1. The first-order valence-corrected chi connectivity index (χ1v) is 11.8. The number of hydrogen-bond donors (Lipinski definition) is 1. The molecule has 1 saturated heterocycles. The average molecular weight is 447 g/mol. The smallest absolute Gasteiger partial charge is 0.315 e. The highest BCUT2D eigenvalue weighted by Crippen LogP contribution is 2.30. The van der Waals surface area contributed by atoms with Gasteiger partial charge in [0.25, 0.3) is 0 Å². The molecule has 11 heteroatoms. The molecule has 1 heterocycles. The van der Waals surface area contributed by atoms with E-state index in [9.17, 15) is 18.0 Å². The van der Waals surface area contributed by atoms with Crippen LogP contribution in [0.25, 0.3) is 0 Å². The Kier molecular flexibility index (Phi) is 9.21. The lowest BCUT2D eigenvalue weighted by atomic mass is 10.3. The van der Waals surface area contributed by atoms with Crippen LogP contribution in [0.3, 0.4) is 0 Å². The highest BCUT2D eigenvalue weighted by atomic mass is 32.2. The van der Waals surface area contributed by atoms with E-state index in [1.807, 2.05) is 0 Å². The van der Waals surface area contributed by atoms with Crippen molar-refractivity contribution in [3.05, 3.63) is 18.2 Å². The van der Waals surface area contributed by atoms with Gasteiger partial charge >= 0.3 is 5.97 Å². The number of rotatable bonds is 10. The van der Waals surface area contributed by atoms with Crippen molar-refractivity contribution < 1.29 is 32.2 Å². The molecule has 0 atom stereocenters. The molecule has 29 heavy (non-hydrogen) atoms. The van der Waals surface area contributed by atoms with E-state index in [4.69, 9.17) is 9.47 Å². The zero-order chi connectivity index (χ0) is 21.3. The molecule has 1 aliphatic rings. The Hall–Kier alpha value is -1.82. The number of methoxy groups -OCH3 is 1. The van der Waals surface area contributed by atoms with Gasteiger partial charge < -0.3 is 19.5 Å². The number of carbonyl (C=O) groups excluding carboxylic acids is 2. The zero-order valence-electron chi connectivity index (χ0n) is 16.5. The zero-order valence-corrected chi connectivity index (χ0v) is 18.1. The number of benzene rings is 1. The van der Waals surface area contributed by atoms with Crippen LogP contribution in [0.1, 0.15) is 13.3 Å². The number of thioether (sulfide) groups is 1. The summed E-state index contributed by atoms with van der Waals surface area (Å²) < 4.78 is 42.7. The molecule has 162 valence electrons. The standard InChI is InChI=1S/C18H26N2O7S2/c1-3-27-15-5-4-14(19-17(21)6-11-28-13-18(22)25-2)12-16(15)29(23,24)20-7-9-26-10-8-20/h4-5,12H,3,6-11,13H2,1-2H3,(H,19,21). The Morgan fingerprint density at radius 1 is 1.28 bits per heavy atom. The SMILES string of the molecule is CCOc1ccc(NC(=O)CCSCC(=O)OC)cc1S(=O)(=O)N1CCOCC1. The maximum atomic E-state index is 13.1. The van der Waals surface area contributed by atoms with Crippen LogP contribution in [-0.2, 0) is 29.1 Å². The van der Waals surface area contributed by atoms with Gasteiger partial charge in [-0.2, -0.15) is 4.31 Å². The summed E-state index contributed by atoms with van der Waals surface area (Å²) in [6, 6.07) is 4.55. The van der Waals surface area contributed by atoms with Crippen molar-refractivity contribution in [1.29, 1.82) is 0 Å². The summed E-state index contributed by atoms with van der Waals surface area (Å²) in [5.74, 6) is 0.234. The lowest BCUT2D eigenvalue weighted by molar-refractivity contribution is -0.137. The second kappa shape index (κ2) is 11.4. The first-order valence-electron chi connectivity index (χ1n) is 9.17. The van der Waals surface area contributed by atoms with E-state index >= 15 is 0 Å². The molecule has 1 N–H and O–H groups in total. The summed E-state index contributed by atoms with van der Waals surface area (Å²) >= 11 is 1.29. The third-order valence-electron chi connectivity index (χ3n) is 4.04. The Morgan fingerprint density at radius 3 is 2.66 bits per heavy atom. The minimum atomic E-state index is -3.78. The monoisotopic (exact) mass is 446 g/mol. The largest absolute Gasteiger partial charge is 0.492 e. The van der Waals surface area contributed by atoms with Crippen LogP contribution in [0, 0.1) is 0 Å². The van der Waals surface area contributed by atoms with Crippen molar-refractivity contribution in [1.82, 2.24) is 4.31 Å². The molecule has 1 fully saturated rings. The summed E-state index contributed by atoms with van der Waals surface area (Å²) in [7, 11) is -2.48. The van der Waals surface area contributed by atoms with Crippen LogP contribution in [0.2, 0.25) is 0 Å². The summed E-state index contributed by atoms with van der Waals surface area (Å²) in [4.78, 5) is 23.2. The fourth-order valence-electron chi connectivity index (χ4n) is 2.59. The normalized spacial score (nSPS) is 15.0. The molecule has 1 amide bonds. The third kappa shape index (κ3) is 6.88. The number of carbonyl (C=O) groups is 2. The van der Waals surface area contributed by atoms with Gasteiger partial charge in [-0.3, -0.25) is 9.59 Å². The first-order chi connectivity index (χ1) is 13.9. The van der Waals surface area contributed by atoms with Crippen LogP contribution in [0.5, 0.6) is 5.75 Å². The predicted octanol–water partition coefficient (Wildman–Crippen LogP) is 1.34. The Morgan fingerprint density at radius 2 is 2.00 bits per heavy atom. The van der Waals surface area contributed by atoms with Crippen molar-refractivity contribution in [3.8, 4) is 5.75 Å². The molecule has 0 aromatic heterocycles. The number of morpholine rings is 1. The lowest BCUT2D eigenvalue weighted by Crippen LogP contribution is -2.40. The van der Waals surface area contributed by atoms with Gasteiger partial charge in [-0.1, -0.05) is 0 Å². The Balaban J connectivity index is 2.09. The minimum Gasteiger partial charge on any atom is -0.492 e.